The van der Waals surface area contributed by atoms with Crippen molar-refractivity contribution in [1.29, 1.82) is 0 Å². The van der Waals surface area contributed by atoms with Gasteiger partial charge in [0.15, 0.2) is 5.69 Å². The number of hydrogen-bond acceptors (Lipinski definition) is 6. The lowest BCUT2D eigenvalue weighted by Gasteiger charge is -2.09. The number of nitrogens with zero attached hydrogens (tertiary/aromatic N) is 5. The summed E-state index contributed by atoms with van der Waals surface area (Å²) in [5, 5.41) is 12.5. The predicted octanol–water partition coefficient (Wildman–Crippen LogP) is 3.79. The molecule has 0 radical (unpaired) electrons. The van der Waals surface area contributed by atoms with Gasteiger partial charge in [-0.3, -0.25) is 4.79 Å². The number of rotatable bonds is 8. The molecule has 164 valence electrons. The number of methoxy groups -OCH3 is 1. The van der Waals surface area contributed by atoms with E-state index in [9.17, 15) is 4.79 Å². The summed E-state index contributed by atoms with van der Waals surface area (Å²) in [7, 11) is 1.64. The molecule has 0 spiro atoms. The second kappa shape index (κ2) is 9.39. The van der Waals surface area contributed by atoms with E-state index in [4.69, 9.17) is 33.7 Å². The molecule has 2 heterocycles. The molecule has 0 aliphatic heterocycles. The molecule has 4 rings (SSSR count). The molecule has 0 bridgehead atoms. The zero-order chi connectivity index (χ0) is 22.7. The van der Waals surface area contributed by atoms with Crippen LogP contribution >= 0.6 is 23.2 Å². The van der Waals surface area contributed by atoms with Crippen LogP contribution in [0.5, 0.6) is 0 Å². The third kappa shape index (κ3) is 4.45. The van der Waals surface area contributed by atoms with E-state index in [-0.39, 0.29) is 5.69 Å². The zero-order valence-corrected chi connectivity index (χ0v) is 18.5. The van der Waals surface area contributed by atoms with Gasteiger partial charge in [0.25, 0.3) is 5.91 Å². The molecule has 0 atom stereocenters. The Morgan fingerprint density at radius 1 is 1.16 bits per heavy atom. The van der Waals surface area contributed by atoms with Gasteiger partial charge in [0.05, 0.1) is 34.2 Å². The number of primary amides is 1. The predicted molar refractivity (Wildman–Crippen MR) is 122 cm³/mol. The summed E-state index contributed by atoms with van der Waals surface area (Å²) in [5.41, 5.74) is 8.03. The number of aromatic nitrogens is 5. The Morgan fingerprint density at radius 2 is 1.88 bits per heavy atom. The lowest BCUT2D eigenvalue weighted by molar-refractivity contribution is 0.0996. The molecule has 0 fully saturated rings. The fourth-order valence-corrected chi connectivity index (χ4v) is 3.73. The number of hydrogen-bond donors (Lipinski definition) is 2. The first-order valence-electron chi connectivity index (χ1n) is 9.57. The van der Waals surface area contributed by atoms with Crippen LogP contribution in [0.15, 0.2) is 55.0 Å². The third-order valence-corrected chi connectivity index (χ3v) is 5.26. The highest BCUT2D eigenvalue weighted by atomic mass is 35.5. The number of benzene rings is 2. The maximum atomic E-state index is 12.0. The van der Waals surface area contributed by atoms with Gasteiger partial charge in [-0.25, -0.2) is 14.3 Å². The van der Waals surface area contributed by atoms with Crippen LogP contribution in [0.4, 0.5) is 11.4 Å². The van der Waals surface area contributed by atoms with Crippen molar-refractivity contribution in [3.8, 4) is 11.4 Å². The molecule has 0 unspecified atom stereocenters. The van der Waals surface area contributed by atoms with Crippen molar-refractivity contribution in [2.75, 3.05) is 19.0 Å². The lowest BCUT2D eigenvalue weighted by atomic mass is 10.2. The summed E-state index contributed by atoms with van der Waals surface area (Å²) in [6, 6.07) is 12.6. The van der Waals surface area contributed by atoms with Crippen LogP contribution in [0.3, 0.4) is 0 Å². The molecule has 3 N–H and O–H groups in total. The van der Waals surface area contributed by atoms with Gasteiger partial charge in [-0.15, -0.1) is 0 Å². The van der Waals surface area contributed by atoms with Crippen LogP contribution in [0.1, 0.15) is 16.3 Å². The zero-order valence-electron chi connectivity index (χ0n) is 17.0. The molecule has 1 amide bonds. The van der Waals surface area contributed by atoms with Crippen LogP contribution in [-0.2, 0) is 11.2 Å². The second-order valence-corrected chi connectivity index (χ2v) is 7.59. The minimum Gasteiger partial charge on any atom is -0.384 e. The number of anilines is 2. The highest BCUT2D eigenvalue weighted by Gasteiger charge is 2.18. The number of amides is 1. The van der Waals surface area contributed by atoms with Crippen molar-refractivity contribution in [2.24, 2.45) is 5.73 Å². The first-order valence-corrected chi connectivity index (χ1v) is 10.3. The Bertz CT molecular complexity index is 1230. The Morgan fingerprint density at radius 3 is 2.53 bits per heavy atom. The number of nitrogens with one attached hydrogen (secondary N) is 1. The van der Waals surface area contributed by atoms with Crippen molar-refractivity contribution < 1.29 is 9.53 Å². The molecule has 2 aromatic heterocycles. The molecule has 0 saturated carbocycles. The van der Waals surface area contributed by atoms with Crippen LogP contribution in [0.2, 0.25) is 10.0 Å². The third-order valence-electron chi connectivity index (χ3n) is 4.65. The van der Waals surface area contributed by atoms with E-state index in [1.807, 2.05) is 24.3 Å². The van der Waals surface area contributed by atoms with Crippen LogP contribution < -0.4 is 11.1 Å². The molecule has 0 saturated heterocycles. The van der Waals surface area contributed by atoms with Crippen LogP contribution in [0, 0.1) is 0 Å². The largest absolute Gasteiger partial charge is 0.384 e. The monoisotopic (exact) mass is 471 g/mol. The number of ether oxygens (including phenoxy) is 1. The average Bonchev–Trinajstić information content (AvgIpc) is 3.40. The van der Waals surface area contributed by atoms with E-state index in [1.54, 1.807) is 36.2 Å². The molecule has 11 heteroatoms. The highest BCUT2D eigenvalue weighted by Crippen LogP contribution is 2.30. The van der Waals surface area contributed by atoms with Crippen molar-refractivity contribution in [2.45, 2.75) is 6.42 Å². The van der Waals surface area contributed by atoms with Gasteiger partial charge in [-0.05, 0) is 36.4 Å². The Hall–Kier alpha value is -3.40. The van der Waals surface area contributed by atoms with Gasteiger partial charge in [0.2, 0.25) is 0 Å². The topological polar surface area (TPSA) is 113 Å². The second-order valence-electron chi connectivity index (χ2n) is 6.77. The molecule has 4 aromatic rings. The molecular weight excluding hydrogens is 453 g/mol. The van der Waals surface area contributed by atoms with Crippen molar-refractivity contribution in [3.05, 3.63) is 76.6 Å². The quantitative estimate of drug-likeness (QED) is 0.404. The van der Waals surface area contributed by atoms with Gasteiger partial charge >= 0.3 is 0 Å². The average molecular weight is 472 g/mol. The normalized spacial score (nSPS) is 11.0. The number of carbonyl (C=O) groups excluding carboxylic acids is 1. The first-order chi connectivity index (χ1) is 15.5. The Balaban J connectivity index is 1.61. The van der Waals surface area contributed by atoms with Crippen molar-refractivity contribution in [1.82, 2.24) is 24.5 Å². The maximum absolute atomic E-state index is 12.0. The highest BCUT2D eigenvalue weighted by molar-refractivity contribution is 6.37. The minimum atomic E-state index is -0.684. The molecule has 32 heavy (non-hydrogen) atoms. The fraction of sp³-hybridized carbons (Fsp3) is 0.143. The van der Waals surface area contributed by atoms with Crippen molar-refractivity contribution >= 4 is 40.5 Å². The molecular formula is C21H19Cl2N7O2. The van der Waals surface area contributed by atoms with E-state index >= 15 is 0 Å². The van der Waals surface area contributed by atoms with Crippen molar-refractivity contribution in [3.63, 3.8) is 0 Å². The summed E-state index contributed by atoms with van der Waals surface area (Å²) in [5.74, 6) is 0.109. The van der Waals surface area contributed by atoms with E-state index in [1.165, 1.54) is 11.0 Å². The van der Waals surface area contributed by atoms with E-state index in [2.05, 4.69) is 20.5 Å². The standard InChI is InChI=1S/C21H19Cl2N7O2/c1-32-10-9-18-25-12-26-30(18)14-7-5-13(6-8-14)27-17-11-29(28-19(17)21(24)31)20-15(22)3-2-4-16(20)23/h2-8,11-12,27H,9-10H2,1H3,(H2,24,31). The van der Waals surface area contributed by atoms with Gasteiger partial charge < -0.3 is 15.8 Å². The maximum Gasteiger partial charge on any atom is 0.271 e. The Kier molecular flexibility index (Phi) is 6.40. The smallest absolute Gasteiger partial charge is 0.271 e. The fourth-order valence-electron chi connectivity index (χ4n) is 3.16. The summed E-state index contributed by atoms with van der Waals surface area (Å²) in [4.78, 5) is 16.2. The summed E-state index contributed by atoms with van der Waals surface area (Å²) < 4.78 is 8.29. The number of para-hydroxylation sites is 1. The SMILES string of the molecule is COCCc1ncnn1-c1ccc(Nc2cn(-c3c(Cl)cccc3Cl)nc2C(N)=O)cc1. The van der Waals surface area contributed by atoms with Gasteiger partial charge in [0, 0.05) is 19.2 Å². The van der Waals surface area contributed by atoms with Gasteiger partial charge in [0.1, 0.15) is 17.8 Å². The van der Waals surface area contributed by atoms with E-state index < -0.39 is 5.91 Å². The number of carbonyl (C=O) groups is 1. The molecule has 9 nitrogen and oxygen atoms in total. The van der Waals surface area contributed by atoms with Crippen LogP contribution in [-0.4, -0.2) is 44.2 Å². The molecule has 0 aliphatic carbocycles. The van der Waals surface area contributed by atoms with E-state index in [0.29, 0.717) is 34.4 Å². The van der Waals surface area contributed by atoms with Gasteiger partial charge in [-0.2, -0.15) is 10.2 Å². The summed E-state index contributed by atoms with van der Waals surface area (Å²) in [6.07, 6.45) is 3.76. The van der Waals surface area contributed by atoms with Crippen LogP contribution in [0.25, 0.3) is 11.4 Å². The van der Waals surface area contributed by atoms with Gasteiger partial charge in [-0.1, -0.05) is 29.3 Å². The number of halogens is 2. The summed E-state index contributed by atoms with van der Waals surface area (Å²) in [6.45, 7) is 0.549. The summed E-state index contributed by atoms with van der Waals surface area (Å²) >= 11 is 12.5. The van der Waals surface area contributed by atoms with E-state index in [0.717, 1.165) is 17.2 Å². The number of nitrogens with two attached hydrogens (primary N) is 1. The lowest BCUT2D eigenvalue weighted by Crippen LogP contribution is -2.14. The molecule has 2 aromatic carbocycles. The Labute approximate surface area is 193 Å². The first kappa shape index (κ1) is 21.8. The molecule has 0 aliphatic rings. The minimum absolute atomic E-state index is 0.0585.